The molecule has 0 bridgehead atoms. The lowest BCUT2D eigenvalue weighted by Gasteiger charge is -2.40. The van der Waals surface area contributed by atoms with Gasteiger partial charge < -0.3 is 9.64 Å². The summed E-state index contributed by atoms with van der Waals surface area (Å²) in [6.07, 6.45) is 0.715. The SMILES string of the molecule is CC1CCCN(C(=O)c2ccc(F)cc2-n2nccn2)C1COc1ccc(C(F)(F)F)cn1. The van der Waals surface area contributed by atoms with E-state index in [2.05, 4.69) is 15.2 Å². The Labute approximate surface area is 187 Å². The summed E-state index contributed by atoms with van der Waals surface area (Å²) in [5.74, 6) is -0.748. The Morgan fingerprint density at radius 2 is 1.94 bits per heavy atom. The lowest BCUT2D eigenvalue weighted by molar-refractivity contribution is -0.137. The molecule has 1 aliphatic rings. The molecule has 1 saturated heterocycles. The van der Waals surface area contributed by atoms with Gasteiger partial charge in [0.2, 0.25) is 5.88 Å². The molecule has 1 aromatic carbocycles. The van der Waals surface area contributed by atoms with Gasteiger partial charge in [-0.1, -0.05) is 6.92 Å². The van der Waals surface area contributed by atoms with Gasteiger partial charge in [0, 0.05) is 24.9 Å². The van der Waals surface area contributed by atoms with Crippen molar-refractivity contribution in [3.8, 4) is 11.6 Å². The molecule has 2 atom stereocenters. The molecule has 174 valence electrons. The van der Waals surface area contributed by atoms with E-state index in [4.69, 9.17) is 4.74 Å². The second-order valence-electron chi connectivity index (χ2n) is 7.86. The molecule has 0 aliphatic carbocycles. The summed E-state index contributed by atoms with van der Waals surface area (Å²) in [4.78, 5) is 20.1. The van der Waals surface area contributed by atoms with Crippen molar-refractivity contribution in [2.45, 2.75) is 32.0 Å². The summed E-state index contributed by atoms with van der Waals surface area (Å²) in [6.45, 7) is 2.50. The number of halogens is 4. The van der Waals surface area contributed by atoms with Crippen molar-refractivity contribution in [3.05, 3.63) is 65.9 Å². The highest BCUT2D eigenvalue weighted by Gasteiger charge is 2.35. The molecule has 1 aliphatic heterocycles. The van der Waals surface area contributed by atoms with E-state index in [1.807, 2.05) is 6.92 Å². The molecule has 3 aromatic rings. The van der Waals surface area contributed by atoms with Crippen LogP contribution in [0.5, 0.6) is 5.88 Å². The van der Waals surface area contributed by atoms with Gasteiger partial charge in [0.05, 0.1) is 29.6 Å². The lowest BCUT2D eigenvalue weighted by Crippen LogP contribution is -2.50. The highest BCUT2D eigenvalue weighted by Crippen LogP contribution is 2.30. The van der Waals surface area contributed by atoms with Crippen molar-refractivity contribution in [3.63, 3.8) is 0 Å². The van der Waals surface area contributed by atoms with Crippen LogP contribution in [0.2, 0.25) is 0 Å². The second kappa shape index (κ2) is 9.16. The molecule has 2 aromatic heterocycles. The summed E-state index contributed by atoms with van der Waals surface area (Å²) in [6, 6.07) is 5.49. The van der Waals surface area contributed by atoms with Gasteiger partial charge in [0.15, 0.2) is 0 Å². The number of piperidine rings is 1. The topological polar surface area (TPSA) is 73.1 Å². The second-order valence-corrected chi connectivity index (χ2v) is 7.86. The van der Waals surface area contributed by atoms with E-state index in [-0.39, 0.29) is 41.6 Å². The van der Waals surface area contributed by atoms with Gasteiger partial charge in [0.25, 0.3) is 5.91 Å². The lowest BCUT2D eigenvalue weighted by atomic mass is 9.90. The molecule has 11 heteroatoms. The molecule has 0 saturated carbocycles. The van der Waals surface area contributed by atoms with E-state index in [0.29, 0.717) is 12.7 Å². The van der Waals surface area contributed by atoms with Crippen molar-refractivity contribution in [1.29, 1.82) is 0 Å². The Hall–Kier alpha value is -3.50. The largest absolute Gasteiger partial charge is 0.475 e. The van der Waals surface area contributed by atoms with Crippen molar-refractivity contribution < 1.29 is 27.1 Å². The average Bonchev–Trinajstić information content (AvgIpc) is 3.32. The van der Waals surface area contributed by atoms with Crippen LogP contribution in [-0.2, 0) is 6.18 Å². The van der Waals surface area contributed by atoms with Crippen LogP contribution in [0.15, 0.2) is 48.9 Å². The van der Waals surface area contributed by atoms with Crippen molar-refractivity contribution in [2.24, 2.45) is 5.92 Å². The number of ether oxygens (including phenoxy) is 1. The van der Waals surface area contributed by atoms with Crippen LogP contribution < -0.4 is 4.74 Å². The third-order valence-electron chi connectivity index (χ3n) is 5.67. The minimum absolute atomic E-state index is 0.0383. The normalized spacial score (nSPS) is 18.9. The molecule has 0 radical (unpaired) electrons. The molecule has 1 fully saturated rings. The number of rotatable bonds is 5. The minimum atomic E-state index is -4.48. The van der Waals surface area contributed by atoms with E-state index < -0.39 is 17.6 Å². The molecular formula is C22H21F4N5O2. The quantitative estimate of drug-likeness (QED) is 0.532. The molecule has 33 heavy (non-hydrogen) atoms. The Kier molecular flexibility index (Phi) is 6.30. The molecule has 2 unspecified atom stereocenters. The number of carbonyl (C=O) groups is 1. The number of carbonyl (C=O) groups excluding carboxylic acids is 1. The van der Waals surface area contributed by atoms with Crippen LogP contribution in [-0.4, -0.2) is 50.0 Å². The van der Waals surface area contributed by atoms with Gasteiger partial charge in [-0.15, -0.1) is 0 Å². The number of amides is 1. The van der Waals surface area contributed by atoms with Crippen LogP contribution >= 0.6 is 0 Å². The molecule has 0 N–H and O–H groups in total. The molecule has 3 heterocycles. The number of hydrogen-bond donors (Lipinski definition) is 0. The van der Waals surface area contributed by atoms with Gasteiger partial charge in [0.1, 0.15) is 18.1 Å². The molecule has 4 rings (SSSR count). The predicted molar refractivity (Wildman–Crippen MR) is 109 cm³/mol. The van der Waals surface area contributed by atoms with Crippen LogP contribution in [0, 0.1) is 11.7 Å². The highest BCUT2D eigenvalue weighted by atomic mass is 19.4. The average molecular weight is 463 g/mol. The Balaban J connectivity index is 1.55. The maximum Gasteiger partial charge on any atom is 0.417 e. The number of nitrogens with zero attached hydrogens (tertiary/aromatic N) is 5. The van der Waals surface area contributed by atoms with Crippen molar-refractivity contribution >= 4 is 5.91 Å². The zero-order valence-corrected chi connectivity index (χ0v) is 17.7. The van der Waals surface area contributed by atoms with Gasteiger partial charge in [-0.2, -0.15) is 28.2 Å². The van der Waals surface area contributed by atoms with Crippen molar-refractivity contribution in [1.82, 2.24) is 24.9 Å². The van der Waals surface area contributed by atoms with E-state index >= 15 is 0 Å². The van der Waals surface area contributed by atoms with Gasteiger partial charge in [-0.3, -0.25) is 4.79 Å². The van der Waals surface area contributed by atoms with Crippen LogP contribution in [0.3, 0.4) is 0 Å². The first-order chi connectivity index (χ1) is 15.7. The first-order valence-electron chi connectivity index (χ1n) is 10.4. The smallest absolute Gasteiger partial charge is 0.417 e. The summed E-state index contributed by atoms with van der Waals surface area (Å²) < 4.78 is 57.8. The Morgan fingerprint density at radius 1 is 1.18 bits per heavy atom. The monoisotopic (exact) mass is 463 g/mol. The third-order valence-corrected chi connectivity index (χ3v) is 5.67. The molecule has 7 nitrogen and oxygen atoms in total. The van der Waals surface area contributed by atoms with E-state index in [1.165, 1.54) is 35.4 Å². The van der Waals surface area contributed by atoms with Gasteiger partial charge >= 0.3 is 6.18 Å². The van der Waals surface area contributed by atoms with E-state index in [1.54, 1.807) is 4.90 Å². The van der Waals surface area contributed by atoms with Crippen LogP contribution in [0.4, 0.5) is 17.6 Å². The van der Waals surface area contributed by atoms with Gasteiger partial charge in [-0.05, 0) is 37.0 Å². The molecule has 0 spiro atoms. The fourth-order valence-electron chi connectivity index (χ4n) is 3.91. The van der Waals surface area contributed by atoms with Gasteiger partial charge in [-0.25, -0.2) is 9.37 Å². The fourth-order valence-corrected chi connectivity index (χ4v) is 3.91. The molecular weight excluding hydrogens is 442 g/mol. The minimum Gasteiger partial charge on any atom is -0.475 e. The standard InChI is InChI=1S/C22H21F4N5O2/c1-14-3-2-10-30(19(14)13-33-20-7-4-15(12-27-20)22(24,25)26)21(32)17-6-5-16(23)11-18(17)31-28-8-9-29-31/h4-9,11-12,14,19H,2-3,10,13H2,1H3. The number of pyridine rings is 1. The van der Waals surface area contributed by atoms with E-state index in [9.17, 15) is 22.4 Å². The Morgan fingerprint density at radius 3 is 2.61 bits per heavy atom. The maximum atomic E-state index is 13.9. The van der Waals surface area contributed by atoms with E-state index in [0.717, 1.165) is 25.0 Å². The Bertz CT molecular complexity index is 1100. The summed E-state index contributed by atoms with van der Waals surface area (Å²) in [5, 5.41) is 8.01. The summed E-state index contributed by atoms with van der Waals surface area (Å²) in [7, 11) is 0. The number of alkyl halides is 3. The number of likely N-dealkylation sites (tertiary alicyclic amines) is 1. The fraction of sp³-hybridized carbons (Fsp3) is 0.364. The van der Waals surface area contributed by atoms with Crippen molar-refractivity contribution in [2.75, 3.05) is 13.2 Å². The maximum absolute atomic E-state index is 13.9. The molecule has 1 amide bonds. The summed E-state index contributed by atoms with van der Waals surface area (Å²) in [5.41, 5.74) is -0.416. The number of aromatic nitrogens is 4. The van der Waals surface area contributed by atoms with Crippen LogP contribution in [0.25, 0.3) is 5.69 Å². The third kappa shape index (κ3) is 4.96. The summed E-state index contributed by atoms with van der Waals surface area (Å²) >= 11 is 0. The van der Waals surface area contributed by atoms with Crippen LogP contribution in [0.1, 0.15) is 35.7 Å². The first kappa shape index (κ1) is 22.7. The first-order valence-corrected chi connectivity index (χ1v) is 10.4. The number of hydrogen-bond acceptors (Lipinski definition) is 5. The highest BCUT2D eigenvalue weighted by molar-refractivity contribution is 5.98. The zero-order valence-electron chi connectivity index (χ0n) is 17.7. The predicted octanol–water partition coefficient (Wildman–Crippen LogP) is 4.14. The zero-order chi connectivity index (χ0) is 23.6. The number of benzene rings is 1.